The van der Waals surface area contributed by atoms with Gasteiger partial charge in [0.2, 0.25) is 5.91 Å². The summed E-state index contributed by atoms with van der Waals surface area (Å²) in [6, 6.07) is 7.33. The Labute approximate surface area is 126 Å². The van der Waals surface area contributed by atoms with Crippen LogP contribution in [0.2, 0.25) is 5.02 Å². The third-order valence-corrected chi connectivity index (χ3v) is 2.96. The molecule has 1 aromatic carbocycles. The number of carbonyl (C=O) groups is 1. The number of hydrogen-bond acceptors (Lipinski definition) is 2. The molecule has 0 aromatic heterocycles. The average molecular weight is 305 g/mol. The molecule has 0 fully saturated rings. The predicted molar refractivity (Wildman–Crippen MR) is 82.8 cm³/mol. The first-order chi connectivity index (χ1) is 8.30. The van der Waals surface area contributed by atoms with E-state index in [0.717, 1.165) is 11.4 Å². The molecule has 3 nitrogen and oxygen atoms in total. The molecular formula is C14H22Cl2N2O. The molecule has 1 rings (SSSR count). The highest BCUT2D eigenvalue weighted by Gasteiger charge is 2.20. The van der Waals surface area contributed by atoms with Gasteiger partial charge in [-0.2, -0.15) is 0 Å². The van der Waals surface area contributed by atoms with Gasteiger partial charge in [-0.05, 0) is 36.5 Å². The second kappa shape index (κ2) is 7.73. The molecule has 1 atom stereocenters. The minimum atomic E-state index is -0.466. The number of benzene rings is 1. The van der Waals surface area contributed by atoms with E-state index in [1.807, 2.05) is 24.3 Å². The maximum Gasteiger partial charge on any atom is 0.236 e. The Morgan fingerprint density at radius 1 is 1.47 bits per heavy atom. The first-order valence-electron chi connectivity index (χ1n) is 6.08. The largest absolute Gasteiger partial charge is 0.354 e. The Kier molecular flexibility index (Phi) is 7.42. The summed E-state index contributed by atoms with van der Waals surface area (Å²) in [5.41, 5.74) is 6.64. The van der Waals surface area contributed by atoms with Crippen molar-refractivity contribution in [1.29, 1.82) is 0 Å². The van der Waals surface area contributed by atoms with Crippen LogP contribution in [0.3, 0.4) is 0 Å². The van der Waals surface area contributed by atoms with Gasteiger partial charge in [-0.1, -0.05) is 37.6 Å². The molecule has 0 radical (unpaired) electrons. The number of nitrogens with one attached hydrogen (secondary N) is 1. The van der Waals surface area contributed by atoms with Crippen molar-refractivity contribution in [3.63, 3.8) is 0 Å². The van der Waals surface area contributed by atoms with Crippen LogP contribution >= 0.6 is 24.0 Å². The summed E-state index contributed by atoms with van der Waals surface area (Å²) in [4.78, 5) is 11.4. The molecule has 1 amide bonds. The fraction of sp³-hybridized carbons (Fsp3) is 0.500. The SMILES string of the molecule is C[C@H](N)C(=O)NCC(C)(C)Cc1cccc(Cl)c1.Cl. The topological polar surface area (TPSA) is 55.1 Å². The summed E-state index contributed by atoms with van der Waals surface area (Å²) >= 11 is 5.96. The van der Waals surface area contributed by atoms with Crippen LogP contribution in [-0.2, 0) is 11.2 Å². The zero-order valence-electron chi connectivity index (χ0n) is 11.6. The molecule has 0 aliphatic carbocycles. The van der Waals surface area contributed by atoms with E-state index in [1.54, 1.807) is 6.92 Å². The van der Waals surface area contributed by atoms with Gasteiger partial charge < -0.3 is 11.1 Å². The van der Waals surface area contributed by atoms with Gasteiger partial charge in [-0.25, -0.2) is 0 Å². The summed E-state index contributed by atoms with van der Waals surface area (Å²) in [7, 11) is 0. The number of carbonyl (C=O) groups excluding carboxylic acids is 1. The summed E-state index contributed by atoms with van der Waals surface area (Å²) in [6.07, 6.45) is 0.854. The second-order valence-electron chi connectivity index (χ2n) is 5.48. The zero-order valence-corrected chi connectivity index (χ0v) is 13.1. The van der Waals surface area contributed by atoms with Crippen molar-refractivity contribution in [3.05, 3.63) is 34.9 Å². The van der Waals surface area contributed by atoms with E-state index >= 15 is 0 Å². The normalized spacial score (nSPS) is 12.5. The minimum absolute atomic E-state index is 0. The van der Waals surface area contributed by atoms with Crippen molar-refractivity contribution in [2.75, 3.05) is 6.54 Å². The van der Waals surface area contributed by atoms with E-state index < -0.39 is 6.04 Å². The predicted octanol–water partition coefficient (Wildman–Crippen LogP) is 2.79. The van der Waals surface area contributed by atoms with E-state index in [9.17, 15) is 4.79 Å². The van der Waals surface area contributed by atoms with Gasteiger partial charge in [0.25, 0.3) is 0 Å². The highest BCUT2D eigenvalue weighted by Crippen LogP contribution is 2.22. The summed E-state index contributed by atoms with van der Waals surface area (Å²) < 4.78 is 0. The van der Waals surface area contributed by atoms with Crippen LogP contribution < -0.4 is 11.1 Å². The lowest BCUT2D eigenvalue weighted by atomic mass is 9.85. The molecule has 0 spiro atoms. The van der Waals surface area contributed by atoms with Crippen LogP contribution in [0.4, 0.5) is 0 Å². The van der Waals surface area contributed by atoms with Crippen molar-refractivity contribution in [2.24, 2.45) is 11.1 Å². The first kappa shape index (κ1) is 18.2. The van der Waals surface area contributed by atoms with Crippen molar-refractivity contribution in [1.82, 2.24) is 5.32 Å². The van der Waals surface area contributed by atoms with Crippen LogP contribution in [0, 0.1) is 5.41 Å². The molecule has 1 aromatic rings. The van der Waals surface area contributed by atoms with E-state index in [-0.39, 0.29) is 23.7 Å². The summed E-state index contributed by atoms with van der Waals surface area (Å²) in [5.74, 6) is -0.117. The molecule has 0 saturated carbocycles. The Morgan fingerprint density at radius 2 is 2.11 bits per heavy atom. The lowest BCUT2D eigenvalue weighted by Gasteiger charge is -2.25. The Hall–Kier alpha value is -0.770. The van der Waals surface area contributed by atoms with Gasteiger partial charge in [0.1, 0.15) is 0 Å². The maximum absolute atomic E-state index is 11.4. The smallest absolute Gasteiger partial charge is 0.236 e. The number of rotatable bonds is 5. The Bertz CT molecular complexity index is 420. The van der Waals surface area contributed by atoms with E-state index in [1.165, 1.54) is 5.56 Å². The molecule has 0 bridgehead atoms. The minimum Gasteiger partial charge on any atom is -0.354 e. The average Bonchev–Trinajstić information content (AvgIpc) is 2.25. The molecule has 3 N–H and O–H groups in total. The Morgan fingerprint density at radius 3 is 2.63 bits per heavy atom. The highest BCUT2D eigenvalue weighted by atomic mass is 35.5. The fourth-order valence-electron chi connectivity index (χ4n) is 1.75. The number of hydrogen-bond donors (Lipinski definition) is 2. The highest BCUT2D eigenvalue weighted by molar-refractivity contribution is 6.30. The van der Waals surface area contributed by atoms with Crippen molar-refractivity contribution < 1.29 is 4.79 Å². The number of amides is 1. The molecule has 19 heavy (non-hydrogen) atoms. The molecule has 0 heterocycles. The van der Waals surface area contributed by atoms with Crippen molar-refractivity contribution >= 4 is 29.9 Å². The molecule has 5 heteroatoms. The van der Waals surface area contributed by atoms with Crippen LogP contribution in [-0.4, -0.2) is 18.5 Å². The monoisotopic (exact) mass is 304 g/mol. The summed E-state index contributed by atoms with van der Waals surface area (Å²) in [5, 5.41) is 3.60. The molecular weight excluding hydrogens is 283 g/mol. The van der Waals surface area contributed by atoms with Gasteiger partial charge >= 0.3 is 0 Å². The first-order valence-corrected chi connectivity index (χ1v) is 6.46. The third kappa shape index (κ3) is 6.81. The van der Waals surface area contributed by atoms with Gasteiger partial charge in [-0.3, -0.25) is 4.79 Å². The lowest BCUT2D eigenvalue weighted by molar-refractivity contribution is -0.122. The van der Waals surface area contributed by atoms with E-state index in [0.29, 0.717) is 6.54 Å². The van der Waals surface area contributed by atoms with Crippen molar-refractivity contribution in [3.8, 4) is 0 Å². The van der Waals surface area contributed by atoms with Gasteiger partial charge in [0.15, 0.2) is 0 Å². The molecule has 0 aliphatic heterocycles. The van der Waals surface area contributed by atoms with Crippen molar-refractivity contribution in [2.45, 2.75) is 33.2 Å². The van der Waals surface area contributed by atoms with Gasteiger partial charge in [-0.15, -0.1) is 12.4 Å². The maximum atomic E-state index is 11.4. The lowest BCUT2D eigenvalue weighted by Crippen LogP contribution is -2.43. The quantitative estimate of drug-likeness (QED) is 0.879. The molecule has 0 saturated heterocycles. The van der Waals surface area contributed by atoms with Crippen LogP contribution in [0.5, 0.6) is 0 Å². The van der Waals surface area contributed by atoms with Gasteiger partial charge in [0.05, 0.1) is 6.04 Å². The molecule has 108 valence electrons. The standard InChI is InChI=1S/C14H21ClN2O.ClH/c1-10(16)13(18)17-9-14(2,3)8-11-5-4-6-12(15)7-11;/h4-7,10H,8-9,16H2,1-3H3,(H,17,18);1H/t10-;/m0./s1. The molecule has 0 unspecified atom stereocenters. The number of halogens is 2. The van der Waals surface area contributed by atoms with E-state index in [2.05, 4.69) is 19.2 Å². The molecule has 0 aliphatic rings. The summed E-state index contributed by atoms with van der Waals surface area (Å²) in [6.45, 7) is 6.49. The third-order valence-electron chi connectivity index (χ3n) is 2.73. The van der Waals surface area contributed by atoms with Gasteiger partial charge in [0, 0.05) is 11.6 Å². The van der Waals surface area contributed by atoms with Crippen LogP contribution in [0.25, 0.3) is 0 Å². The van der Waals surface area contributed by atoms with Crippen LogP contribution in [0.1, 0.15) is 26.3 Å². The Balaban J connectivity index is 0.00000324. The second-order valence-corrected chi connectivity index (χ2v) is 5.91. The van der Waals surface area contributed by atoms with Crippen LogP contribution in [0.15, 0.2) is 24.3 Å². The van der Waals surface area contributed by atoms with E-state index in [4.69, 9.17) is 17.3 Å². The fourth-order valence-corrected chi connectivity index (χ4v) is 1.96. The zero-order chi connectivity index (χ0) is 13.8. The number of nitrogens with two attached hydrogens (primary N) is 1.